The lowest BCUT2D eigenvalue weighted by Gasteiger charge is -2.29. The summed E-state index contributed by atoms with van der Waals surface area (Å²) in [5.41, 5.74) is 0.393. The molecular formula is C25H31N5O8-2. The van der Waals surface area contributed by atoms with Gasteiger partial charge in [0.1, 0.15) is 5.69 Å². The summed E-state index contributed by atoms with van der Waals surface area (Å²) in [6, 6.07) is -0.484. The number of nitrogens with zero attached hydrogens (tertiary/aromatic N) is 3. The van der Waals surface area contributed by atoms with Crippen LogP contribution in [-0.4, -0.2) is 87.2 Å². The summed E-state index contributed by atoms with van der Waals surface area (Å²) in [4.78, 5) is 75.9. The Kier molecular flexibility index (Phi) is 8.02. The molecule has 0 radical (unpaired) electrons. The molecule has 2 saturated heterocycles. The lowest BCUT2D eigenvalue weighted by molar-refractivity contribution is -0.312. The molecule has 0 spiro atoms. The van der Waals surface area contributed by atoms with Gasteiger partial charge in [-0.05, 0) is 44.2 Å². The summed E-state index contributed by atoms with van der Waals surface area (Å²) in [6.45, 7) is 0.130. The lowest BCUT2D eigenvalue weighted by Crippen LogP contribution is -2.55. The average Bonchev–Trinajstić information content (AvgIpc) is 3.26. The number of carboxylic acid groups (broad SMARTS) is 2. The number of carbonyl (C=O) groups is 6. The molecule has 4 amide bonds. The smallest absolute Gasteiger partial charge is 0.268 e. The predicted octanol–water partition coefficient (Wildman–Crippen LogP) is -3.11. The Morgan fingerprint density at radius 2 is 1.63 bits per heavy atom. The Morgan fingerprint density at radius 3 is 2.21 bits per heavy atom. The molecule has 1 aromatic heterocycles. The molecule has 2 aliphatic heterocycles. The first-order chi connectivity index (χ1) is 18.1. The normalized spacial score (nSPS) is 24.8. The van der Waals surface area contributed by atoms with Crippen LogP contribution in [-0.2, 0) is 31.0 Å². The third kappa shape index (κ3) is 5.97. The van der Waals surface area contributed by atoms with Crippen LogP contribution in [0.15, 0.2) is 18.3 Å². The molecule has 1 aromatic rings. The Hall–Kier alpha value is -3.90. The van der Waals surface area contributed by atoms with E-state index >= 15 is 0 Å². The van der Waals surface area contributed by atoms with Crippen LogP contribution < -0.4 is 20.8 Å². The predicted molar refractivity (Wildman–Crippen MR) is 125 cm³/mol. The first-order valence-electron chi connectivity index (χ1n) is 12.8. The number of rotatable bonds is 10. The van der Waals surface area contributed by atoms with E-state index in [1.54, 1.807) is 29.9 Å². The monoisotopic (exact) mass is 529 g/mol. The number of hydrogen-bond acceptors (Lipinski definition) is 8. The highest BCUT2D eigenvalue weighted by atomic mass is 16.4. The number of nitrogens with one attached hydrogen (secondary N) is 2. The fourth-order valence-corrected chi connectivity index (χ4v) is 5.23. The molecule has 206 valence electrons. The summed E-state index contributed by atoms with van der Waals surface area (Å²) < 4.78 is 1.62. The van der Waals surface area contributed by atoms with E-state index in [4.69, 9.17) is 0 Å². The molecule has 2 N–H and O–H groups in total. The van der Waals surface area contributed by atoms with E-state index in [-0.39, 0.29) is 56.5 Å². The van der Waals surface area contributed by atoms with Crippen LogP contribution in [0.1, 0.15) is 55.4 Å². The van der Waals surface area contributed by atoms with Gasteiger partial charge in [-0.3, -0.25) is 19.2 Å². The SMILES string of the molecule is Cn1cccc1C(=O)N[C@H]1C[C@@H](C(=O)[O-])N(C(=O)CCCC(=O)N2CC[C@H](NC(=O)C3CC3)[C@H]2C(=O)[O-])C1. The van der Waals surface area contributed by atoms with Crippen molar-refractivity contribution in [2.75, 3.05) is 13.1 Å². The minimum atomic E-state index is -1.45. The van der Waals surface area contributed by atoms with Crippen LogP contribution in [0, 0.1) is 5.92 Å². The zero-order chi connectivity index (χ0) is 27.6. The largest absolute Gasteiger partial charge is 0.548 e. The Labute approximate surface area is 219 Å². The van der Waals surface area contributed by atoms with E-state index in [0.717, 1.165) is 22.6 Å². The van der Waals surface area contributed by atoms with Gasteiger partial charge in [-0.25, -0.2) is 0 Å². The number of hydrogen-bond donors (Lipinski definition) is 2. The van der Waals surface area contributed by atoms with Gasteiger partial charge in [0, 0.05) is 51.1 Å². The Morgan fingerprint density at radius 1 is 0.947 bits per heavy atom. The van der Waals surface area contributed by atoms with E-state index in [2.05, 4.69) is 10.6 Å². The highest BCUT2D eigenvalue weighted by molar-refractivity contribution is 5.93. The van der Waals surface area contributed by atoms with Gasteiger partial charge >= 0.3 is 0 Å². The number of likely N-dealkylation sites (tertiary alicyclic amines) is 2. The van der Waals surface area contributed by atoms with Crippen molar-refractivity contribution in [3.8, 4) is 0 Å². The van der Waals surface area contributed by atoms with Crippen molar-refractivity contribution in [1.29, 1.82) is 0 Å². The Bertz CT molecular complexity index is 1130. The Balaban J connectivity index is 1.28. The molecule has 13 nitrogen and oxygen atoms in total. The van der Waals surface area contributed by atoms with Gasteiger partial charge in [0.25, 0.3) is 5.91 Å². The van der Waals surface area contributed by atoms with E-state index in [1.807, 2.05) is 0 Å². The topological polar surface area (TPSA) is 184 Å². The van der Waals surface area contributed by atoms with Gasteiger partial charge in [-0.1, -0.05) is 0 Å². The highest BCUT2D eigenvalue weighted by Crippen LogP contribution is 2.30. The summed E-state index contributed by atoms with van der Waals surface area (Å²) in [5.74, 6) is -4.58. The summed E-state index contributed by atoms with van der Waals surface area (Å²) in [6.07, 6.45) is 3.32. The quantitative estimate of drug-likeness (QED) is 0.319. The van der Waals surface area contributed by atoms with Crippen LogP contribution in [0.4, 0.5) is 0 Å². The van der Waals surface area contributed by atoms with Crippen molar-refractivity contribution >= 4 is 35.6 Å². The van der Waals surface area contributed by atoms with Crippen molar-refractivity contribution in [1.82, 2.24) is 25.0 Å². The molecule has 3 heterocycles. The average molecular weight is 530 g/mol. The third-order valence-electron chi connectivity index (χ3n) is 7.42. The fourth-order valence-electron chi connectivity index (χ4n) is 5.23. The van der Waals surface area contributed by atoms with Crippen LogP contribution in [0.5, 0.6) is 0 Å². The number of carboxylic acids is 2. The minimum Gasteiger partial charge on any atom is -0.548 e. The van der Waals surface area contributed by atoms with E-state index in [9.17, 15) is 39.0 Å². The maximum Gasteiger partial charge on any atom is 0.268 e. The molecule has 13 heteroatoms. The molecular weight excluding hydrogens is 498 g/mol. The second-order valence-corrected chi connectivity index (χ2v) is 10.2. The molecule has 3 fully saturated rings. The van der Waals surface area contributed by atoms with Crippen molar-refractivity contribution in [2.24, 2.45) is 13.0 Å². The summed E-state index contributed by atoms with van der Waals surface area (Å²) >= 11 is 0. The maximum atomic E-state index is 12.8. The van der Waals surface area contributed by atoms with E-state index in [1.165, 1.54) is 0 Å². The van der Waals surface area contributed by atoms with Crippen molar-refractivity contribution < 1.29 is 39.0 Å². The molecule has 1 saturated carbocycles. The summed E-state index contributed by atoms with van der Waals surface area (Å²) in [5, 5.41) is 28.9. The molecule has 4 atom stereocenters. The number of aryl methyl sites for hydroxylation is 1. The van der Waals surface area contributed by atoms with Crippen LogP contribution >= 0.6 is 0 Å². The maximum absolute atomic E-state index is 12.8. The molecule has 4 rings (SSSR count). The second-order valence-electron chi connectivity index (χ2n) is 10.2. The van der Waals surface area contributed by atoms with Crippen LogP contribution in [0.25, 0.3) is 0 Å². The van der Waals surface area contributed by atoms with Crippen molar-refractivity contribution in [2.45, 2.75) is 69.1 Å². The van der Waals surface area contributed by atoms with Crippen molar-refractivity contribution in [3.05, 3.63) is 24.0 Å². The fraction of sp³-hybridized carbons (Fsp3) is 0.600. The molecule has 38 heavy (non-hydrogen) atoms. The zero-order valence-electron chi connectivity index (χ0n) is 21.1. The van der Waals surface area contributed by atoms with E-state index < -0.39 is 47.9 Å². The highest BCUT2D eigenvalue weighted by Gasteiger charge is 2.41. The molecule has 0 unspecified atom stereocenters. The van der Waals surface area contributed by atoms with Gasteiger partial charge < -0.3 is 44.8 Å². The zero-order valence-corrected chi connectivity index (χ0v) is 21.1. The summed E-state index contributed by atoms with van der Waals surface area (Å²) in [7, 11) is 1.70. The number of aliphatic carboxylic acids is 2. The number of aromatic nitrogens is 1. The van der Waals surface area contributed by atoms with E-state index in [0.29, 0.717) is 12.1 Å². The molecule has 0 bridgehead atoms. The van der Waals surface area contributed by atoms with Crippen LogP contribution in [0.2, 0.25) is 0 Å². The molecule has 3 aliphatic rings. The van der Waals surface area contributed by atoms with Crippen LogP contribution in [0.3, 0.4) is 0 Å². The number of amides is 4. The van der Waals surface area contributed by atoms with Gasteiger partial charge in [-0.2, -0.15) is 0 Å². The first-order valence-corrected chi connectivity index (χ1v) is 12.8. The minimum absolute atomic E-state index is 0.00178. The first kappa shape index (κ1) is 27.1. The third-order valence-corrected chi connectivity index (χ3v) is 7.42. The lowest BCUT2D eigenvalue weighted by atomic mass is 10.1. The van der Waals surface area contributed by atoms with Gasteiger partial charge in [0.05, 0.1) is 30.1 Å². The number of carbonyl (C=O) groups excluding carboxylic acids is 6. The van der Waals surface area contributed by atoms with Gasteiger partial charge in [0.2, 0.25) is 17.7 Å². The second kappa shape index (κ2) is 11.2. The van der Waals surface area contributed by atoms with Crippen molar-refractivity contribution in [3.63, 3.8) is 0 Å². The van der Waals surface area contributed by atoms with Gasteiger partial charge in [0.15, 0.2) is 0 Å². The molecule has 0 aromatic carbocycles. The standard InChI is InChI=1S/C25H33N5O8/c1-28-10-3-4-17(28)23(34)26-15-12-18(24(35)36)30(13-15)20(32)6-2-5-19(31)29-11-9-16(21(29)25(37)38)27-22(33)14-7-8-14/h3-4,10,14-16,18,21H,2,5-9,11-13H2,1H3,(H,26,34)(H,27,33)(H,35,36)(H,37,38)/p-2/t15-,16-,18-,21-/m0/s1. The van der Waals surface area contributed by atoms with Gasteiger partial charge in [-0.15, -0.1) is 0 Å². The molecule has 1 aliphatic carbocycles.